The SMILES string of the molecule is CC[C@@H](C)NC(=O)[C@@H](Cc1ccccc1)N(Cc1c(Cl)cccc1Cl)C(=O)CN(c1ccccc1OC)S(=O)(=O)c1ccc(C)cc1. The Morgan fingerprint density at radius 3 is 2.11 bits per heavy atom. The van der Waals surface area contributed by atoms with Crippen molar-refractivity contribution < 1.29 is 22.7 Å². The molecule has 8 nitrogen and oxygen atoms in total. The molecule has 0 unspecified atom stereocenters. The number of benzene rings is 4. The fraction of sp³-hybridized carbons (Fsp3) is 0.278. The van der Waals surface area contributed by atoms with Crippen molar-refractivity contribution in [2.75, 3.05) is 18.0 Å². The quantitative estimate of drug-likeness (QED) is 0.152. The number of anilines is 1. The first kappa shape index (κ1) is 35.8. The number of aryl methyl sites for hydroxylation is 1. The van der Waals surface area contributed by atoms with Crippen LogP contribution in [0.4, 0.5) is 5.69 Å². The third-order valence-electron chi connectivity index (χ3n) is 7.90. The summed E-state index contributed by atoms with van der Waals surface area (Å²) in [5, 5.41) is 3.63. The van der Waals surface area contributed by atoms with Crippen molar-refractivity contribution in [2.24, 2.45) is 0 Å². The van der Waals surface area contributed by atoms with Gasteiger partial charge >= 0.3 is 0 Å². The molecule has 0 fully saturated rings. The normalized spacial score (nSPS) is 12.6. The molecule has 2 atom stereocenters. The second kappa shape index (κ2) is 16.2. The molecule has 4 aromatic rings. The minimum atomic E-state index is -4.30. The molecule has 248 valence electrons. The fourth-order valence-electron chi connectivity index (χ4n) is 5.04. The summed E-state index contributed by atoms with van der Waals surface area (Å²) in [6, 6.07) is 26.1. The van der Waals surface area contributed by atoms with Gasteiger partial charge in [0.05, 0.1) is 17.7 Å². The zero-order valence-electron chi connectivity index (χ0n) is 26.8. The van der Waals surface area contributed by atoms with Crippen molar-refractivity contribution in [3.63, 3.8) is 0 Å². The number of sulfonamides is 1. The van der Waals surface area contributed by atoms with Crippen LogP contribution in [-0.2, 0) is 32.6 Å². The molecule has 11 heteroatoms. The molecule has 1 N–H and O–H groups in total. The van der Waals surface area contributed by atoms with Crippen molar-refractivity contribution in [3.8, 4) is 5.75 Å². The van der Waals surface area contributed by atoms with Gasteiger partial charge in [-0.05, 0) is 62.2 Å². The van der Waals surface area contributed by atoms with E-state index in [4.69, 9.17) is 27.9 Å². The summed E-state index contributed by atoms with van der Waals surface area (Å²) in [5.74, 6) is -0.764. The summed E-state index contributed by atoms with van der Waals surface area (Å²) in [6.07, 6.45) is 0.834. The molecule has 4 aromatic carbocycles. The zero-order valence-corrected chi connectivity index (χ0v) is 29.1. The second-order valence-electron chi connectivity index (χ2n) is 11.2. The lowest BCUT2D eigenvalue weighted by Crippen LogP contribution is -2.54. The number of carbonyl (C=O) groups is 2. The van der Waals surface area contributed by atoms with Crippen LogP contribution in [0, 0.1) is 6.92 Å². The number of nitrogens with zero attached hydrogens (tertiary/aromatic N) is 2. The lowest BCUT2D eigenvalue weighted by molar-refractivity contribution is -0.140. The topological polar surface area (TPSA) is 96.0 Å². The van der Waals surface area contributed by atoms with Crippen LogP contribution in [0.3, 0.4) is 0 Å². The molecule has 4 rings (SSSR count). The van der Waals surface area contributed by atoms with E-state index in [2.05, 4.69) is 5.32 Å². The van der Waals surface area contributed by atoms with Gasteiger partial charge in [-0.25, -0.2) is 8.42 Å². The van der Waals surface area contributed by atoms with Gasteiger partial charge in [-0.3, -0.25) is 13.9 Å². The maximum Gasteiger partial charge on any atom is 0.264 e. The number of hydrogen-bond donors (Lipinski definition) is 1. The van der Waals surface area contributed by atoms with E-state index in [-0.39, 0.29) is 41.2 Å². The molecule has 47 heavy (non-hydrogen) atoms. The molecular formula is C36H39Cl2N3O5S. The van der Waals surface area contributed by atoms with Gasteiger partial charge in [0.15, 0.2) is 0 Å². The molecule has 2 amide bonds. The summed E-state index contributed by atoms with van der Waals surface area (Å²) in [5.41, 5.74) is 2.29. The van der Waals surface area contributed by atoms with Crippen LogP contribution >= 0.6 is 23.2 Å². The highest BCUT2D eigenvalue weighted by molar-refractivity contribution is 7.92. The number of amides is 2. The van der Waals surface area contributed by atoms with Crippen LogP contribution < -0.4 is 14.4 Å². The molecule has 0 aliphatic carbocycles. The molecule has 0 aromatic heterocycles. The molecule has 0 aliphatic rings. The summed E-state index contributed by atoms with van der Waals surface area (Å²) >= 11 is 13.2. The first-order valence-electron chi connectivity index (χ1n) is 15.2. The van der Waals surface area contributed by atoms with Crippen LogP contribution in [0.2, 0.25) is 10.0 Å². The largest absolute Gasteiger partial charge is 0.495 e. The van der Waals surface area contributed by atoms with Gasteiger partial charge in [0, 0.05) is 34.6 Å². The van der Waals surface area contributed by atoms with Crippen molar-refractivity contribution in [1.82, 2.24) is 10.2 Å². The van der Waals surface area contributed by atoms with Gasteiger partial charge in [0.2, 0.25) is 11.8 Å². The lowest BCUT2D eigenvalue weighted by atomic mass is 10.0. The molecule has 0 saturated carbocycles. The van der Waals surface area contributed by atoms with Gasteiger partial charge in [-0.2, -0.15) is 0 Å². The fourth-order valence-corrected chi connectivity index (χ4v) is 6.98. The van der Waals surface area contributed by atoms with Crippen LogP contribution in [0.5, 0.6) is 5.75 Å². The molecule has 0 heterocycles. The van der Waals surface area contributed by atoms with Gasteiger partial charge < -0.3 is 15.0 Å². The number of halogens is 2. The lowest BCUT2D eigenvalue weighted by Gasteiger charge is -2.35. The summed E-state index contributed by atoms with van der Waals surface area (Å²) < 4.78 is 35.1. The van der Waals surface area contributed by atoms with Crippen LogP contribution in [0.15, 0.2) is 102 Å². The van der Waals surface area contributed by atoms with Crippen LogP contribution in [-0.4, -0.2) is 50.9 Å². The maximum atomic E-state index is 14.7. The predicted molar refractivity (Wildman–Crippen MR) is 188 cm³/mol. The number of ether oxygens (including phenoxy) is 1. The molecule has 0 aliphatic heterocycles. The minimum absolute atomic E-state index is 0.00199. The van der Waals surface area contributed by atoms with E-state index in [1.807, 2.05) is 51.1 Å². The highest BCUT2D eigenvalue weighted by Gasteiger charge is 2.36. The summed E-state index contributed by atoms with van der Waals surface area (Å²) in [7, 11) is -2.87. The second-order valence-corrected chi connectivity index (χ2v) is 13.9. The highest BCUT2D eigenvalue weighted by Crippen LogP contribution is 2.33. The van der Waals surface area contributed by atoms with Crippen molar-refractivity contribution in [1.29, 1.82) is 0 Å². The molecule has 0 spiro atoms. The van der Waals surface area contributed by atoms with Gasteiger partial charge in [0.25, 0.3) is 10.0 Å². The van der Waals surface area contributed by atoms with Crippen molar-refractivity contribution in [3.05, 3.63) is 124 Å². The Balaban J connectivity index is 1.87. The summed E-state index contributed by atoms with van der Waals surface area (Å²) in [4.78, 5) is 30.1. The van der Waals surface area contributed by atoms with E-state index in [1.165, 1.54) is 24.1 Å². The third-order valence-corrected chi connectivity index (χ3v) is 10.4. The first-order chi connectivity index (χ1) is 22.5. The Kier molecular flexibility index (Phi) is 12.3. The Hall–Kier alpha value is -4.05. The Bertz CT molecular complexity index is 1770. The number of para-hydroxylation sites is 2. The van der Waals surface area contributed by atoms with E-state index in [0.717, 1.165) is 15.4 Å². The maximum absolute atomic E-state index is 14.7. The van der Waals surface area contributed by atoms with E-state index in [9.17, 15) is 18.0 Å². The monoisotopic (exact) mass is 695 g/mol. The van der Waals surface area contributed by atoms with Gasteiger partial charge in [-0.1, -0.05) is 96.4 Å². The Morgan fingerprint density at radius 1 is 0.872 bits per heavy atom. The number of nitrogens with one attached hydrogen (secondary N) is 1. The number of carbonyl (C=O) groups excluding carboxylic acids is 2. The standard InChI is InChI=1S/C36H39Cl2N3O5S/c1-5-26(3)39-36(43)33(22-27-12-7-6-8-13-27)40(23-29-30(37)14-11-15-31(29)38)35(42)24-41(32-16-9-10-17-34(32)46-4)47(44,45)28-20-18-25(2)19-21-28/h6-21,26,33H,5,22-24H2,1-4H3,(H,39,43)/t26-,33-/m1/s1. The number of methoxy groups -OCH3 is 1. The summed E-state index contributed by atoms with van der Waals surface area (Å²) in [6.45, 7) is 4.90. The zero-order chi connectivity index (χ0) is 34.1. The highest BCUT2D eigenvalue weighted by atomic mass is 35.5. The molecule has 0 radical (unpaired) electrons. The smallest absolute Gasteiger partial charge is 0.264 e. The van der Waals surface area contributed by atoms with Gasteiger partial charge in [-0.15, -0.1) is 0 Å². The van der Waals surface area contributed by atoms with Crippen molar-refractivity contribution >= 4 is 50.7 Å². The first-order valence-corrected chi connectivity index (χ1v) is 17.4. The van der Waals surface area contributed by atoms with Crippen molar-refractivity contribution in [2.45, 2.75) is 57.1 Å². The van der Waals surface area contributed by atoms with E-state index >= 15 is 0 Å². The minimum Gasteiger partial charge on any atom is -0.495 e. The number of hydrogen-bond acceptors (Lipinski definition) is 5. The van der Waals surface area contributed by atoms with Crippen LogP contribution in [0.25, 0.3) is 0 Å². The average molecular weight is 697 g/mol. The van der Waals surface area contributed by atoms with E-state index in [1.54, 1.807) is 54.6 Å². The van der Waals surface area contributed by atoms with Crippen LogP contribution in [0.1, 0.15) is 37.0 Å². The molecule has 0 saturated heterocycles. The molecule has 0 bridgehead atoms. The van der Waals surface area contributed by atoms with E-state index < -0.39 is 28.5 Å². The molecular weight excluding hydrogens is 657 g/mol. The predicted octanol–water partition coefficient (Wildman–Crippen LogP) is 7.06. The average Bonchev–Trinajstić information content (AvgIpc) is 3.06. The van der Waals surface area contributed by atoms with Gasteiger partial charge in [0.1, 0.15) is 18.3 Å². The van der Waals surface area contributed by atoms with E-state index in [0.29, 0.717) is 22.0 Å². The Labute approximate surface area is 287 Å². The third kappa shape index (κ3) is 8.86. The number of rotatable bonds is 14. The Morgan fingerprint density at radius 2 is 1.49 bits per heavy atom.